The zero-order valence-electron chi connectivity index (χ0n) is 12.7. The lowest BCUT2D eigenvalue weighted by atomic mass is 10.1. The van der Waals surface area contributed by atoms with Crippen molar-refractivity contribution < 1.29 is 35.1 Å². The third kappa shape index (κ3) is 3.17. The van der Waals surface area contributed by atoms with Gasteiger partial charge in [0.05, 0.1) is 30.7 Å². The molecular weight excluding hydrogens is 374 g/mol. The normalized spacial score (nSPS) is 19.0. The number of hydrogen-bond donors (Lipinski definition) is 0. The van der Waals surface area contributed by atoms with Gasteiger partial charge in [0.25, 0.3) is 0 Å². The number of alkyl halides is 7. The van der Waals surface area contributed by atoms with Crippen molar-refractivity contribution >= 4 is 5.69 Å². The summed E-state index contributed by atoms with van der Waals surface area (Å²) in [5.74, 6) is -9.76. The number of rotatable bonds is 2. The highest BCUT2D eigenvalue weighted by molar-refractivity contribution is 5.64. The molecule has 0 aromatic carbocycles. The maximum absolute atomic E-state index is 13.3. The van der Waals surface area contributed by atoms with Gasteiger partial charge in [0.1, 0.15) is 5.82 Å². The smallest absolute Gasteiger partial charge is 0.357 e. The van der Waals surface area contributed by atoms with Crippen LogP contribution >= 0.6 is 0 Å². The molecule has 0 aliphatic carbocycles. The van der Waals surface area contributed by atoms with Crippen LogP contribution in [0.4, 0.5) is 40.8 Å². The summed E-state index contributed by atoms with van der Waals surface area (Å²) in [5, 5.41) is 0. The van der Waals surface area contributed by atoms with Gasteiger partial charge >= 0.3 is 18.0 Å². The Kier molecular flexibility index (Phi) is 4.08. The van der Waals surface area contributed by atoms with Crippen LogP contribution in [-0.4, -0.2) is 34.9 Å². The molecule has 0 bridgehead atoms. The third-order valence-corrected chi connectivity index (χ3v) is 3.80. The van der Waals surface area contributed by atoms with Crippen molar-refractivity contribution in [2.24, 2.45) is 0 Å². The van der Waals surface area contributed by atoms with E-state index in [2.05, 4.69) is 9.97 Å². The van der Waals surface area contributed by atoms with Gasteiger partial charge in [-0.15, -0.1) is 0 Å². The zero-order valence-corrected chi connectivity index (χ0v) is 12.7. The van der Waals surface area contributed by atoms with Gasteiger partial charge < -0.3 is 4.90 Å². The van der Waals surface area contributed by atoms with Crippen LogP contribution in [-0.2, 0) is 6.18 Å². The molecule has 140 valence electrons. The van der Waals surface area contributed by atoms with Crippen LogP contribution in [0.1, 0.15) is 5.69 Å². The second-order valence-electron chi connectivity index (χ2n) is 5.72. The molecule has 2 aromatic heterocycles. The molecule has 26 heavy (non-hydrogen) atoms. The zero-order chi connectivity index (χ0) is 19.3. The molecule has 1 saturated heterocycles. The second kappa shape index (κ2) is 5.78. The SMILES string of the molecule is Fc1cncc(-c2ccc(N3CC(F)(F)C(F)(F)C3)c(C(F)(F)F)n2)c1. The molecule has 1 fully saturated rings. The molecule has 2 aromatic rings. The number of halogens is 8. The summed E-state index contributed by atoms with van der Waals surface area (Å²) in [4.78, 5) is 7.06. The third-order valence-electron chi connectivity index (χ3n) is 3.80. The minimum atomic E-state index is -5.10. The average molecular weight is 383 g/mol. The maximum Gasteiger partial charge on any atom is 0.435 e. The van der Waals surface area contributed by atoms with E-state index in [9.17, 15) is 35.1 Å². The molecule has 11 heteroatoms. The van der Waals surface area contributed by atoms with Gasteiger partial charge in [-0.05, 0) is 18.2 Å². The fourth-order valence-electron chi connectivity index (χ4n) is 2.57. The monoisotopic (exact) mass is 383 g/mol. The molecule has 1 aliphatic rings. The Balaban J connectivity index is 2.07. The van der Waals surface area contributed by atoms with Crippen LogP contribution in [0, 0.1) is 5.82 Å². The predicted molar refractivity (Wildman–Crippen MR) is 74.5 cm³/mol. The number of nitrogens with zero attached hydrogens (tertiary/aromatic N) is 3. The van der Waals surface area contributed by atoms with Crippen molar-refractivity contribution in [1.82, 2.24) is 9.97 Å². The largest absolute Gasteiger partial charge is 0.435 e. The van der Waals surface area contributed by atoms with Crippen LogP contribution in [0.2, 0.25) is 0 Å². The molecule has 3 heterocycles. The van der Waals surface area contributed by atoms with Gasteiger partial charge in [0.15, 0.2) is 5.69 Å². The van der Waals surface area contributed by atoms with Crippen molar-refractivity contribution in [1.29, 1.82) is 0 Å². The van der Waals surface area contributed by atoms with Gasteiger partial charge in [0.2, 0.25) is 0 Å². The summed E-state index contributed by atoms with van der Waals surface area (Å²) in [6.45, 7) is -3.16. The molecular formula is C15H9F8N3. The first kappa shape index (κ1) is 18.3. The standard InChI is InChI=1S/C15H9F8N3/c16-9-3-8(4-24-5-9)10-1-2-11(12(25-10)15(21,22)23)26-6-13(17,18)14(19,20)7-26/h1-5H,6-7H2. The van der Waals surface area contributed by atoms with E-state index in [1.807, 2.05) is 0 Å². The summed E-state index contributed by atoms with van der Waals surface area (Å²) in [6.07, 6.45) is -3.21. The van der Waals surface area contributed by atoms with Gasteiger partial charge in [-0.3, -0.25) is 4.98 Å². The highest BCUT2D eigenvalue weighted by atomic mass is 19.4. The fourth-order valence-corrected chi connectivity index (χ4v) is 2.57. The first-order chi connectivity index (χ1) is 11.9. The Hall–Kier alpha value is -2.46. The lowest BCUT2D eigenvalue weighted by Gasteiger charge is -2.22. The van der Waals surface area contributed by atoms with Crippen LogP contribution in [0.3, 0.4) is 0 Å². The van der Waals surface area contributed by atoms with Crippen LogP contribution in [0.5, 0.6) is 0 Å². The molecule has 0 unspecified atom stereocenters. The van der Waals surface area contributed by atoms with E-state index in [0.29, 0.717) is 0 Å². The molecule has 3 rings (SSSR count). The van der Waals surface area contributed by atoms with E-state index in [0.717, 1.165) is 30.6 Å². The van der Waals surface area contributed by atoms with Crippen molar-refractivity contribution in [3.8, 4) is 11.3 Å². The van der Waals surface area contributed by atoms with Gasteiger partial charge in [-0.1, -0.05) is 0 Å². The van der Waals surface area contributed by atoms with E-state index in [4.69, 9.17) is 0 Å². The highest BCUT2D eigenvalue weighted by Crippen LogP contribution is 2.45. The van der Waals surface area contributed by atoms with Crippen molar-refractivity contribution in [3.05, 3.63) is 42.1 Å². The quantitative estimate of drug-likeness (QED) is 0.721. The minimum Gasteiger partial charge on any atom is -0.357 e. The Morgan fingerprint density at radius 2 is 1.58 bits per heavy atom. The molecule has 0 N–H and O–H groups in total. The minimum absolute atomic E-state index is 0.0841. The number of aromatic nitrogens is 2. The van der Waals surface area contributed by atoms with E-state index in [1.165, 1.54) is 0 Å². The van der Waals surface area contributed by atoms with Crippen LogP contribution in [0.25, 0.3) is 11.3 Å². The molecule has 0 spiro atoms. The Labute approximate surface area is 141 Å². The number of hydrogen-bond acceptors (Lipinski definition) is 3. The first-order valence-corrected chi connectivity index (χ1v) is 7.10. The van der Waals surface area contributed by atoms with Gasteiger partial charge in [-0.25, -0.2) is 9.37 Å². The summed E-state index contributed by atoms with van der Waals surface area (Å²) in [7, 11) is 0. The molecule has 0 saturated carbocycles. The van der Waals surface area contributed by atoms with Gasteiger partial charge in [-0.2, -0.15) is 30.7 Å². The number of pyridine rings is 2. The van der Waals surface area contributed by atoms with E-state index in [-0.39, 0.29) is 16.2 Å². The van der Waals surface area contributed by atoms with Crippen LogP contribution < -0.4 is 4.90 Å². The highest BCUT2D eigenvalue weighted by Gasteiger charge is 2.63. The summed E-state index contributed by atoms with van der Waals surface area (Å²) < 4.78 is 106. The topological polar surface area (TPSA) is 29.0 Å². The lowest BCUT2D eigenvalue weighted by molar-refractivity contribution is -0.172. The van der Waals surface area contributed by atoms with E-state index < -0.39 is 48.3 Å². The first-order valence-electron chi connectivity index (χ1n) is 7.10. The molecule has 0 atom stereocenters. The van der Waals surface area contributed by atoms with E-state index in [1.54, 1.807) is 0 Å². The van der Waals surface area contributed by atoms with Crippen LogP contribution in [0.15, 0.2) is 30.6 Å². The summed E-state index contributed by atoms with van der Waals surface area (Å²) in [6, 6.07) is 2.64. The number of anilines is 1. The molecule has 3 nitrogen and oxygen atoms in total. The van der Waals surface area contributed by atoms with Crippen molar-refractivity contribution in [2.45, 2.75) is 18.0 Å². The van der Waals surface area contributed by atoms with E-state index >= 15 is 0 Å². The lowest BCUT2D eigenvalue weighted by Crippen LogP contribution is -2.38. The second-order valence-corrected chi connectivity index (χ2v) is 5.72. The summed E-state index contributed by atoms with van der Waals surface area (Å²) >= 11 is 0. The average Bonchev–Trinajstić information content (AvgIpc) is 2.74. The van der Waals surface area contributed by atoms with Crippen molar-refractivity contribution in [2.75, 3.05) is 18.0 Å². The Morgan fingerprint density at radius 1 is 0.962 bits per heavy atom. The summed E-state index contributed by atoms with van der Waals surface area (Å²) in [5.41, 5.74) is -2.93. The molecule has 1 aliphatic heterocycles. The molecule has 0 radical (unpaired) electrons. The maximum atomic E-state index is 13.3. The Morgan fingerprint density at radius 3 is 2.12 bits per heavy atom. The van der Waals surface area contributed by atoms with Gasteiger partial charge in [0, 0.05) is 11.8 Å². The molecule has 0 amide bonds. The van der Waals surface area contributed by atoms with Crippen molar-refractivity contribution in [3.63, 3.8) is 0 Å². The Bertz CT molecular complexity index is 818. The predicted octanol–water partition coefficient (Wildman–Crippen LogP) is 4.39. The fraction of sp³-hybridized carbons (Fsp3) is 0.333.